The number of hydrogen-bond acceptors (Lipinski definition) is 2. The maximum Gasteiger partial charge on any atom is 0.237 e. The number of nitrogens with one attached hydrogen (secondary N) is 2. The fourth-order valence-corrected chi connectivity index (χ4v) is 3.58. The van der Waals surface area contributed by atoms with Crippen molar-refractivity contribution in [2.45, 2.75) is 44.6 Å². The van der Waals surface area contributed by atoms with Gasteiger partial charge in [-0.3, -0.25) is 10.2 Å². The summed E-state index contributed by atoms with van der Waals surface area (Å²) >= 11 is 0. The smallest absolute Gasteiger partial charge is 0.237 e. The zero-order chi connectivity index (χ0) is 13.1. The van der Waals surface area contributed by atoms with Crippen LogP contribution in [0.5, 0.6) is 0 Å². The van der Waals surface area contributed by atoms with Gasteiger partial charge >= 0.3 is 0 Å². The van der Waals surface area contributed by atoms with E-state index >= 15 is 0 Å². The van der Waals surface area contributed by atoms with E-state index in [1.165, 1.54) is 24.8 Å². The molecule has 0 bridgehead atoms. The molecule has 1 aromatic carbocycles. The molecule has 2 aliphatic rings. The number of carbonyl (C=O) groups is 1. The SMILES string of the molecule is O=C1NNC(CCc2ccccc2)C2CCCCC12. The van der Waals surface area contributed by atoms with E-state index in [4.69, 9.17) is 0 Å². The highest BCUT2D eigenvalue weighted by molar-refractivity contribution is 5.79. The summed E-state index contributed by atoms with van der Waals surface area (Å²) in [4.78, 5) is 11.9. The molecular weight excluding hydrogens is 236 g/mol. The number of hydrazine groups is 1. The van der Waals surface area contributed by atoms with Gasteiger partial charge in [0.2, 0.25) is 5.91 Å². The molecule has 0 aromatic heterocycles. The second kappa shape index (κ2) is 5.74. The van der Waals surface area contributed by atoms with Crippen LogP contribution in [0.4, 0.5) is 0 Å². The van der Waals surface area contributed by atoms with Crippen molar-refractivity contribution in [1.29, 1.82) is 0 Å². The van der Waals surface area contributed by atoms with Gasteiger partial charge in [-0.1, -0.05) is 43.2 Å². The summed E-state index contributed by atoms with van der Waals surface area (Å²) in [6.07, 6.45) is 6.94. The fourth-order valence-electron chi connectivity index (χ4n) is 3.58. The van der Waals surface area contributed by atoms with Crippen molar-refractivity contribution in [3.8, 4) is 0 Å². The molecule has 1 amide bonds. The normalized spacial score (nSPS) is 30.5. The standard InChI is InChI=1S/C16H22N2O/c19-16-14-9-5-4-8-13(14)15(17-18-16)11-10-12-6-2-1-3-7-12/h1-3,6-7,13-15,17H,4-5,8-11H2,(H,18,19). The van der Waals surface area contributed by atoms with Gasteiger partial charge in [0.15, 0.2) is 0 Å². The lowest BCUT2D eigenvalue weighted by molar-refractivity contribution is -0.133. The van der Waals surface area contributed by atoms with Crippen molar-refractivity contribution < 1.29 is 4.79 Å². The van der Waals surface area contributed by atoms with E-state index in [1.54, 1.807) is 0 Å². The Morgan fingerprint density at radius 2 is 1.89 bits per heavy atom. The van der Waals surface area contributed by atoms with Gasteiger partial charge in [0.1, 0.15) is 0 Å². The lowest BCUT2D eigenvalue weighted by Gasteiger charge is -2.41. The molecule has 2 N–H and O–H groups in total. The highest BCUT2D eigenvalue weighted by Gasteiger charge is 2.39. The average molecular weight is 258 g/mol. The fraction of sp³-hybridized carbons (Fsp3) is 0.562. The third kappa shape index (κ3) is 2.81. The molecule has 3 unspecified atom stereocenters. The second-order valence-electron chi connectivity index (χ2n) is 5.82. The van der Waals surface area contributed by atoms with Crippen molar-refractivity contribution in [3.05, 3.63) is 35.9 Å². The first-order valence-corrected chi connectivity index (χ1v) is 7.44. The minimum Gasteiger partial charge on any atom is -0.291 e. The number of carbonyl (C=O) groups excluding carboxylic acids is 1. The molecule has 1 saturated carbocycles. The van der Waals surface area contributed by atoms with E-state index in [0.717, 1.165) is 19.3 Å². The highest BCUT2D eigenvalue weighted by atomic mass is 16.2. The maximum atomic E-state index is 11.9. The van der Waals surface area contributed by atoms with E-state index in [9.17, 15) is 4.79 Å². The monoisotopic (exact) mass is 258 g/mol. The minimum atomic E-state index is 0.209. The summed E-state index contributed by atoms with van der Waals surface area (Å²) in [6.45, 7) is 0. The van der Waals surface area contributed by atoms with Crippen LogP contribution in [0.2, 0.25) is 0 Å². The van der Waals surface area contributed by atoms with Gasteiger partial charge in [-0.2, -0.15) is 0 Å². The molecule has 3 heteroatoms. The molecule has 3 nitrogen and oxygen atoms in total. The Hall–Kier alpha value is -1.35. The molecule has 3 rings (SSSR count). The molecule has 2 fully saturated rings. The van der Waals surface area contributed by atoms with Crippen molar-refractivity contribution >= 4 is 5.91 Å². The molecule has 0 spiro atoms. The topological polar surface area (TPSA) is 41.1 Å². The van der Waals surface area contributed by atoms with Crippen molar-refractivity contribution in [3.63, 3.8) is 0 Å². The van der Waals surface area contributed by atoms with E-state index in [0.29, 0.717) is 12.0 Å². The summed E-state index contributed by atoms with van der Waals surface area (Å²) in [5, 5.41) is 0. The number of hydrogen-bond donors (Lipinski definition) is 2. The third-order valence-corrected chi connectivity index (χ3v) is 4.64. The molecule has 102 valence electrons. The van der Waals surface area contributed by atoms with Gasteiger partial charge in [-0.25, -0.2) is 5.43 Å². The second-order valence-corrected chi connectivity index (χ2v) is 5.82. The zero-order valence-corrected chi connectivity index (χ0v) is 11.3. The van der Waals surface area contributed by atoms with Crippen LogP contribution in [-0.2, 0) is 11.2 Å². The lowest BCUT2D eigenvalue weighted by Crippen LogP contribution is -2.59. The van der Waals surface area contributed by atoms with Crippen LogP contribution in [0, 0.1) is 11.8 Å². The molecule has 1 heterocycles. The van der Waals surface area contributed by atoms with Crippen LogP contribution in [0.3, 0.4) is 0 Å². The largest absolute Gasteiger partial charge is 0.291 e. The van der Waals surface area contributed by atoms with Gasteiger partial charge in [0.25, 0.3) is 0 Å². The molecule has 1 aliphatic heterocycles. The predicted molar refractivity (Wildman–Crippen MR) is 75.3 cm³/mol. The quantitative estimate of drug-likeness (QED) is 0.874. The van der Waals surface area contributed by atoms with E-state index < -0.39 is 0 Å². The van der Waals surface area contributed by atoms with Crippen LogP contribution in [0.1, 0.15) is 37.7 Å². The van der Waals surface area contributed by atoms with Gasteiger partial charge in [-0.15, -0.1) is 0 Å². The first kappa shape index (κ1) is 12.7. The van der Waals surface area contributed by atoms with E-state index in [2.05, 4.69) is 41.2 Å². The number of aryl methyl sites for hydroxylation is 1. The molecule has 1 aromatic rings. The summed E-state index contributed by atoms with van der Waals surface area (Å²) in [6, 6.07) is 11.0. The number of rotatable bonds is 3. The highest BCUT2D eigenvalue weighted by Crippen LogP contribution is 2.35. The molecule has 19 heavy (non-hydrogen) atoms. The molecular formula is C16H22N2O. The van der Waals surface area contributed by atoms with E-state index in [-0.39, 0.29) is 11.8 Å². The van der Waals surface area contributed by atoms with Gasteiger partial charge < -0.3 is 0 Å². The summed E-state index contributed by atoms with van der Waals surface area (Å²) in [5.74, 6) is 0.989. The summed E-state index contributed by atoms with van der Waals surface area (Å²) in [5.41, 5.74) is 7.50. The maximum absolute atomic E-state index is 11.9. The molecule has 3 atom stereocenters. The Morgan fingerprint density at radius 3 is 2.74 bits per heavy atom. The van der Waals surface area contributed by atoms with Crippen molar-refractivity contribution in [1.82, 2.24) is 10.9 Å². The van der Waals surface area contributed by atoms with E-state index in [1.807, 2.05) is 0 Å². The zero-order valence-electron chi connectivity index (χ0n) is 11.3. The van der Waals surface area contributed by atoms with Gasteiger partial charge in [0.05, 0.1) is 0 Å². The predicted octanol–water partition coefficient (Wildman–Crippen LogP) is 2.43. The Kier molecular flexibility index (Phi) is 3.83. The van der Waals surface area contributed by atoms with Gasteiger partial charge in [0, 0.05) is 12.0 Å². The Balaban J connectivity index is 1.62. The van der Waals surface area contributed by atoms with Crippen LogP contribution in [0.25, 0.3) is 0 Å². The average Bonchev–Trinajstić information content (AvgIpc) is 2.48. The number of benzene rings is 1. The first-order valence-electron chi connectivity index (χ1n) is 7.44. The van der Waals surface area contributed by atoms with Crippen LogP contribution >= 0.6 is 0 Å². The Morgan fingerprint density at radius 1 is 1.11 bits per heavy atom. The lowest BCUT2D eigenvalue weighted by atomic mass is 9.72. The van der Waals surface area contributed by atoms with Crippen LogP contribution < -0.4 is 10.9 Å². The van der Waals surface area contributed by atoms with Crippen molar-refractivity contribution in [2.24, 2.45) is 11.8 Å². The Labute approximate surface area is 114 Å². The molecule has 0 radical (unpaired) electrons. The Bertz CT molecular complexity index is 432. The van der Waals surface area contributed by atoms with Crippen LogP contribution in [0.15, 0.2) is 30.3 Å². The summed E-state index contributed by atoms with van der Waals surface area (Å²) in [7, 11) is 0. The summed E-state index contributed by atoms with van der Waals surface area (Å²) < 4.78 is 0. The third-order valence-electron chi connectivity index (χ3n) is 4.64. The number of fused-ring (bicyclic) bond motifs is 1. The minimum absolute atomic E-state index is 0.209. The van der Waals surface area contributed by atoms with Gasteiger partial charge in [-0.05, 0) is 37.2 Å². The van der Waals surface area contributed by atoms with Crippen LogP contribution in [-0.4, -0.2) is 11.9 Å². The molecule has 1 saturated heterocycles. The number of amides is 1. The van der Waals surface area contributed by atoms with Crippen molar-refractivity contribution in [2.75, 3.05) is 0 Å². The first-order chi connectivity index (χ1) is 9.34. The molecule has 1 aliphatic carbocycles.